The van der Waals surface area contributed by atoms with E-state index in [1.807, 2.05) is 54.6 Å². The molecule has 0 amide bonds. The highest BCUT2D eigenvalue weighted by molar-refractivity contribution is 6.30. The Bertz CT molecular complexity index is 719. The summed E-state index contributed by atoms with van der Waals surface area (Å²) in [6.07, 6.45) is 1.74. The molecule has 0 radical (unpaired) electrons. The molecule has 0 fully saturated rings. The predicted molar refractivity (Wildman–Crippen MR) is 91.1 cm³/mol. The molecule has 3 aromatic rings. The first kappa shape index (κ1) is 15.0. The van der Waals surface area contributed by atoms with Crippen molar-refractivity contribution in [1.29, 1.82) is 0 Å². The molecule has 0 atom stereocenters. The molecular weight excluding hydrogens is 317 g/mol. The number of pyridine rings is 1. The summed E-state index contributed by atoms with van der Waals surface area (Å²) in [5.74, 6) is 0. The summed E-state index contributed by atoms with van der Waals surface area (Å²) in [6.45, 7) is -0.0935. The van der Waals surface area contributed by atoms with Crippen molar-refractivity contribution in [1.82, 2.24) is 4.98 Å². The molecule has 0 aliphatic heterocycles. The van der Waals surface area contributed by atoms with E-state index in [1.165, 1.54) is 0 Å². The molecule has 22 heavy (non-hydrogen) atoms. The lowest BCUT2D eigenvalue weighted by Gasteiger charge is -2.13. The fourth-order valence-corrected chi connectivity index (χ4v) is 2.66. The molecule has 1 N–H and O–H groups in total. The number of hydrogen-bond donors (Lipinski definition) is 1. The van der Waals surface area contributed by atoms with Crippen LogP contribution < -0.4 is 0 Å². The number of benzene rings is 2. The van der Waals surface area contributed by atoms with Crippen LogP contribution in [0.2, 0.25) is 10.0 Å². The zero-order valence-corrected chi connectivity index (χ0v) is 13.1. The van der Waals surface area contributed by atoms with Gasteiger partial charge in [0.1, 0.15) is 0 Å². The Hall–Kier alpha value is -1.87. The van der Waals surface area contributed by atoms with E-state index in [0.29, 0.717) is 10.0 Å². The van der Waals surface area contributed by atoms with Crippen molar-refractivity contribution in [3.8, 4) is 22.4 Å². The molecule has 1 aromatic heterocycles. The van der Waals surface area contributed by atoms with E-state index in [0.717, 1.165) is 27.9 Å². The molecule has 4 heteroatoms. The van der Waals surface area contributed by atoms with Crippen LogP contribution in [0.4, 0.5) is 0 Å². The highest BCUT2D eigenvalue weighted by Crippen LogP contribution is 2.31. The van der Waals surface area contributed by atoms with Crippen LogP contribution in [0.1, 0.15) is 5.56 Å². The number of halogens is 2. The van der Waals surface area contributed by atoms with Gasteiger partial charge in [-0.25, -0.2) is 0 Å². The van der Waals surface area contributed by atoms with Gasteiger partial charge >= 0.3 is 0 Å². The first-order valence-corrected chi connectivity index (χ1v) is 7.55. The van der Waals surface area contributed by atoms with Gasteiger partial charge in [-0.1, -0.05) is 47.5 Å². The van der Waals surface area contributed by atoms with Crippen LogP contribution in [0.5, 0.6) is 0 Å². The average Bonchev–Trinajstić information content (AvgIpc) is 2.55. The quantitative estimate of drug-likeness (QED) is 0.715. The molecule has 0 aliphatic rings. The fourth-order valence-electron chi connectivity index (χ4n) is 2.41. The maximum atomic E-state index is 9.84. The van der Waals surface area contributed by atoms with Gasteiger partial charge in [0.2, 0.25) is 0 Å². The normalized spacial score (nSPS) is 10.7. The Morgan fingerprint density at radius 1 is 0.773 bits per heavy atom. The van der Waals surface area contributed by atoms with Crippen molar-refractivity contribution >= 4 is 23.2 Å². The minimum atomic E-state index is -0.0935. The number of hydrogen-bond acceptors (Lipinski definition) is 2. The molecule has 1 heterocycles. The van der Waals surface area contributed by atoms with Crippen LogP contribution in [0.25, 0.3) is 22.4 Å². The maximum absolute atomic E-state index is 9.84. The molecule has 0 aliphatic carbocycles. The number of nitrogens with zero attached hydrogens (tertiary/aromatic N) is 1. The molecule has 0 saturated carbocycles. The Balaban J connectivity index is 2.15. The van der Waals surface area contributed by atoms with Gasteiger partial charge in [0.15, 0.2) is 0 Å². The van der Waals surface area contributed by atoms with Crippen molar-refractivity contribution in [2.45, 2.75) is 6.61 Å². The molecule has 2 nitrogen and oxygen atoms in total. The van der Waals surface area contributed by atoms with E-state index in [9.17, 15) is 5.11 Å². The summed E-state index contributed by atoms with van der Waals surface area (Å²) in [7, 11) is 0. The summed E-state index contributed by atoms with van der Waals surface area (Å²) in [6, 6.07) is 16.9. The third-order valence-corrected chi connectivity index (χ3v) is 3.99. The van der Waals surface area contributed by atoms with Crippen LogP contribution >= 0.6 is 23.2 Å². The van der Waals surface area contributed by atoms with E-state index >= 15 is 0 Å². The second kappa shape index (κ2) is 6.49. The fraction of sp³-hybridized carbons (Fsp3) is 0.0556. The van der Waals surface area contributed by atoms with Crippen LogP contribution in [0.3, 0.4) is 0 Å². The monoisotopic (exact) mass is 329 g/mol. The van der Waals surface area contributed by atoms with Gasteiger partial charge in [-0.2, -0.15) is 0 Å². The van der Waals surface area contributed by atoms with Gasteiger partial charge in [-0.3, -0.25) is 4.98 Å². The first-order valence-electron chi connectivity index (χ1n) is 6.79. The number of rotatable bonds is 3. The molecular formula is C18H13Cl2NO. The predicted octanol–water partition coefficient (Wildman–Crippen LogP) is 5.21. The second-order valence-electron chi connectivity index (χ2n) is 4.86. The van der Waals surface area contributed by atoms with E-state index in [1.54, 1.807) is 6.20 Å². The van der Waals surface area contributed by atoms with Gasteiger partial charge in [0.05, 0.1) is 12.3 Å². The number of aliphatic hydroxyl groups is 1. The van der Waals surface area contributed by atoms with E-state index in [-0.39, 0.29) is 6.61 Å². The van der Waals surface area contributed by atoms with Gasteiger partial charge in [-0.05, 0) is 41.5 Å². The number of aliphatic hydroxyl groups excluding tert-OH is 1. The van der Waals surface area contributed by atoms with Crippen molar-refractivity contribution in [2.75, 3.05) is 0 Å². The topological polar surface area (TPSA) is 33.1 Å². The van der Waals surface area contributed by atoms with Gasteiger partial charge in [0, 0.05) is 27.4 Å². The van der Waals surface area contributed by atoms with Crippen LogP contribution in [0, 0.1) is 0 Å². The maximum Gasteiger partial charge on any atom is 0.0763 e. The first-order chi connectivity index (χ1) is 10.7. The largest absolute Gasteiger partial charge is 0.392 e. The van der Waals surface area contributed by atoms with Crippen molar-refractivity contribution in [3.63, 3.8) is 0 Å². The Kier molecular flexibility index (Phi) is 4.44. The zero-order valence-electron chi connectivity index (χ0n) is 11.6. The smallest absolute Gasteiger partial charge is 0.0763 e. The summed E-state index contributed by atoms with van der Waals surface area (Å²) >= 11 is 11.9. The molecule has 110 valence electrons. The lowest BCUT2D eigenvalue weighted by Crippen LogP contribution is -1.97. The number of aromatic nitrogens is 1. The van der Waals surface area contributed by atoms with Gasteiger partial charge in [-0.15, -0.1) is 0 Å². The Morgan fingerprint density at radius 2 is 1.32 bits per heavy atom. The molecule has 0 bridgehead atoms. The summed E-state index contributed by atoms with van der Waals surface area (Å²) < 4.78 is 0. The van der Waals surface area contributed by atoms with Crippen LogP contribution in [0.15, 0.2) is 60.8 Å². The molecule has 0 spiro atoms. The van der Waals surface area contributed by atoms with Crippen LogP contribution in [-0.2, 0) is 6.61 Å². The third kappa shape index (κ3) is 3.00. The Labute approximate surface area is 139 Å². The summed E-state index contributed by atoms with van der Waals surface area (Å²) in [4.78, 5) is 4.42. The van der Waals surface area contributed by atoms with Crippen molar-refractivity contribution in [2.24, 2.45) is 0 Å². The van der Waals surface area contributed by atoms with E-state index < -0.39 is 0 Å². The molecule has 0 unspecified atom stereocenters. The van der Waals surface area contributed by atoms with E-state index in [4.69, 9.17) is 23.2 Å². The van der Waals surface area contributed by atoms with Gasteiger partial charge in [0.25, 0.3) is 0 Å². The summed E-state index contributed by atoms with van der Waals surface area (Å²) in [5, 5.41) is 11.2. The minimum Gasteiger partial charge on any atom is -0.392 e. The zero-order chi connectivity index (χ0) is 15.5. The lowest BCUT2D eigenvalue weighted by molar-refractivity contribution is 0.282. The second-order valence-corrected chi connectivity index (χ2v) is 5.73. The van der Waals surface area contributed by atoms with Crippen molar-refractivity contribution in [3.05, 3.63) is 76.4 Å². The highest BCUT2D eigenvalue weighted by atomic mass is 35.5. The highest BCUT2D eigenvalue weighted by Gasteiger charge is 2.12. The summed E-state index contributed by atoms with van der Waals surface area (Å²) in [5.41, 5.74) is 4.40. The Morgan fingerprint density at radius 3 is 1.86 bits per heavy atom. The lowest BCUT2D eigenvalue weighted by atomic mass is 9.96. The average molecular weight is 330 g/mol. The molecule has 3 rings (SSSR count). The molecule has 0 saturated heterocycles. The SMILES string of the molecule is OCc1c(-c2ccc(Cl)cc2)ccnc1-c1ccc(Cl)cc1. The standard InChI is InChI=1S/C18H13Cl2NO/c19-14-5-1-12(2-6-14)16-9-10-21-18(17(16)11-22)13-3-7-15(20)8-4-13/h1-10,22H,11H2. The third-order valence-electron chi connectivity index (χ3n) is 3.49. The van der Waals surface area contributed by atoms with Gasteiger partial charge < -0.3 is 5.11 Å². The molecule has 2 aromatic carbocycles. The minimum absolute atomic E-state index is 0.0935. The van der Waals surface area contributed by atoms with E-state index in [2.05, 4.69) is 4.98 Å². The van der Waals surface area contributed by atoms with Crippen molar-refractivity contribution < 1.29 is 5.11 Å². The van der Waals surface area contributed by atoms with Crippen LogP contribution in [-0.4, -0.2) is 10.1 Å².